The molecule has 52 heavy (non-hydrogen) atoms. The zero-order valence-electron chi connectivity index (χ0n) is 32.6. The second-order valence-electron chi connectivity index (χ2n) is 20.2. The van der Waals surface area contributed by atoms with E-state index >= 15 is 0 Å². The molecule has 0 bridgehead atoms. The highest BCUT2D eigenvalue weighted by molar-refractivity contribution is 5.76. The van der Waals surface area contributed by atoms with E-state index in [-0.39, 0.29) is 45.7 Å². The first-order valence-corrected chi connectivity index (χ1v) is 20.1. The Morgan fingerprint density at radius 3 is 2.17 bits per heavy atom. The van der Waals surface area contributed by atoms with Gasteiger partial charge in [0.15, 0.2) is 12.6 Å². The van der Waals surface area contributed by atoms with Gasteiger partial charge in [0.05, 0.1) is 24.2 Å². The summed E-state index contributed by atoms with van der Waals surface area (Å²) in [6.07, 6.45) is -0.253. The lowest BCUT2D eigenvalue weighted by Crippen LogP contribution is -2.66. The molecule has 6 N–H and O–H groups in total. The van der Waals surface area contributed by atoms with Crippen LogP contribution < -0.4 is 0 Å². The van der Waals surface area contributed by atoms with E-state index in [1.165, 1.54) is 5.57 Å². The SMILES string of the molecule is C[C@H]1O[C@@H](O[C@H]2[C@H](O[C@H]3CC[C@]4(C)[C@H]5CC=C6[C@@H]7CC(C)(C)CC[C@]7(C(=O)O)CC[C@@]6(C)[C@]5(C)CC[C@H]4C3(C)C)OC[C@@H](O)[C@H]2O)[C@H](O)[C@H](O)[C@H]1O. The van der Waals surface area contributed by atoms with Gasteiger partial charge in [0.1, 0.15) is 36.6 Å². The maximum Gasteiger partial charge on any atom is 0.310 e. The van der Waals surface area contributed by atoms with E-state index in [0.717, 1.165) is 64.2 Å². The molecule has 4 saturated carbocycles. The van der Waals surface area contributed by atoms with Crippen molar-refractivity contribution >= 4 is 5.97 Å². The van der Waals surface area contributed by atoms with E-state index in [9.17, 15) is 35.4 Å². The van der Waals surface area contributed by atoms with E-state index in [0.29, 0.717) is 11.8 Å². The van der Waals surface area contributed by atoms with Crippen molar-refractivity contribution in [1.29, 1.82) is 0 Å². The van der Waals surface area contributed by atoms with Crippen LogP contribution in [-0.2, 0) is 23.7 Å². The van der Waals surface area contributed by atoms with Gasteiger partial charge in [-0.1, -0.05) is 60.1 Å². The Morgan fingerprint density at radius 2 is 1.48 bits per heavy atom. The van der Waals surface area contributed by atoms with Crippen molar-refractivity contribution in [2.75, 3.05) is 6.61 Å². The van der Waals surface area contributed by atoms with Gasteiger partial charge in [-0.25, -0.2) is 0 Å². The van der Waals surface area contributed by atoms with Crippen molar-refractivity contribution in [3.05, 3.63) is 11.6 Å². The van der Waals surface area contributed by atoms with Crippen LogP contribution in [0.3, 0.4) is 0 Å². The molecule has 11 nitrogen and oxygen atoms in total. The van der Waals surface area contributed by atoms with Crippen LogP contribution in [0.2, 0.25) is 0 Å². The zero-order valence-corrected chi connectivity index (χ0v) is 32.6. The molecule has 0 amide bonds. The number of rotatable bonds is 5. The molecule has 296 valence electrons. The summed E-state index contributed by atoms with van der Waals surface area (Å²) in [5, 5.41) is 63.6. The van der Waals surface area contributed by atoms with Crippen LogP contribution in [0.4, 0.5) is 0 Å². The Hall–Kier alpha value is -1.15. The van der Waals surface area contributed by atoms with Crippen molar-refractivity contribution in [2.45, 2.75) is 181 Å². The predicted molar refractivity (Wildman–Crippen MR) is 191 cm³/mol. The van der Waals surface area contributed by atoms with Crippen LogP contribution in [0.1, 0.15) is 120 Å². The molecule has 7 aliphatic rings. The maximum atomic E-state index is 13.0. The van der Waals surface area contributed by atoms with Crippen LogP contribution in [0, 0.1) is 50.2 Å². The number of hydrogen-bond donors (Lipinski definition) is 6. The summed E-state index contributed by atoms with van der Waals surface area (Å²) >= 11 is 0. The number of ether oxygens (including phenoxy) is 4. The standard InChI is InChI=1S/C41H66O11/c1-21-28(43)30(45)31(46)33(50-21)52-32-29(44)24(42)20-49-34(32)51-27-12-13-38(6)25(37(27,4)5)11-14-40(8)26(38)10-9-22-23-19-36(2,3)15-17-41(23,35(47)48)18-16-39(22,40)7/h9,21,23-34,42-46H,10-20H2,1-8H3,(H,47,48)/t21-,23+,24-,25+,26-,27+,28+,29-,30-,31-,32-,33+,34+,38+,39-,40-,41+/m1/s1. The molecule has 2 saturated heterocycles. The Kier molecular flexibility index (Phi) is 9.74. The minimum absolute atomic E-state index is 0.0146. The topological polar surface area (TPSA) is 175 Å². The molecule has 7 rings (SSSR count). The third-order valence-corrected chi connectivity index (χ3v) is 16.8. The molecule has 17 atom stereocenters. The van der Waals surface area contributed by atoms with Crippen molar-refractivity contribution in [3.63, 3.8) is 0 Å². The van der Waals surface area contributed by atoms with Crippen molar-refractivity contribution < 1.29 is 54.4 Å². The van der Waals surface area contributed by atoms with Crippen molar-refractivity contribution in [1.82, 2.24) is 0 Å². The molecule has 2 heterocycles. The Morgan fingerprint density at radius 1 is 0.788 bits per heavy atom. The van der Waals surface area contributed by atoms with Crippen LogP contribution in [-0.4, -0.2) is 105 Å². The lowest BCUT2D eigenvalue weighted by atomic mass is 9.33. The largest absolute Gasteiger partial charge is 0.481 e. The van der Waals surface area contributed by atoms with Gasteiger partial charge in [-0.2, -0.15) is 0 Å². The van der Waals surface area contributed by atoms with E-state index in [1.54, 1.807) is 6.92 Å². The fourth-order valence-electron chi connectivity index (χ4n) is 13.3. The molecular formula is C41H66O11. The molecule has 0 aromatic rings. The number of aliphatic hydroxyl groups is 5. The molecule has 0 unspecified atom stereocenters. The fourth-order valence-corrected chi connectivity index (χ4v) is 13.3. The molecule has 5 aliphatic carbocycles. The summed E-state index contributed by atoms with van der Waals surface area (Å²) in [7, 11) is 0. The summed E-state index contributed by atoms with van der Waals surface area (Å²) in [4.78, 5) is 13.0. The number of hydrogen-bond acceptors (Lipinski definition) is 10. The van der Waals surface area contributed by atoms with Gasteiger partial charge < -0.3 is 49.6 Å². The molecule has 0 spiro atoms. The Balaban J connectivity index is 1.13. The van der Waals surface area contributed by atoms with Gasteiger partial charge in [0.25, 0.3) is 0 Å². The summed E-state index contributed by atoms with van der Waals surface area (Å²) in [6.45, 7) is 18.1. The molecule has 2 aliphatic heterocycles. The fraction of sp³-hybridized carbons (Fsp3) is 0.927. The van der Waals surface area contributed by atoms with E-state index in [4.69, 9.17) is 18.9 Å². The summed E-state index contributed by atoms with van der Waals surface area (Å²) in [5.41, 5.74) is 0.579. The number of carbonyl (C=O) groups is 1. The number of aliphatic carboxylic acids is 1. The lowest BCUT2D eigenvalue weighted by Gasteiger charge is -2.71. The first-order valence-electron chi connectivity index (χ1n) is 20.1. The van der Waals surface area contributed by atoms with Crippen LogP contribution in [0.5, 0.6) is 0 Å². The van der Waals surface area contributed by atoms with Gasteiger partial charge in [0.2, 0.25) is 0 Å². The molecule has 0 radical (unpaired) electrons. The molecule has 11 heteroatoms. The number of aliphatic hydroxyl groups excluding tert-OH is 5. The summed E-state index contributed by atoms with van der Waals surface area (Å²) in [6, 6.07) is 0. The van der Waals surface area contributed by atoms with E-state index < -0.39 is 66.7 Å². The summed E-state index contributed by atoms with van der Waals surface area (Å²) in [5.74, 6) is 0.219. The quantitative estimate of drug-likeness (QED) is 0.173. The Labute approximate surface area is 309 Å². The van der Waals surface area contributed by atoms with Gasteiger partial charge in [-0.15, -0.1) is 0 Å². The third kappa shape index (κ3) is 5.64. The van der Waals surface area contributed by atoms with Gasteiger partial charge in [-0.05, 0) is 116 Å². The lowest BCUT2D eigenvalue weighted by molar-refractivity contribution is -0.364. The second kappa shape index (κ2) is 12.9. The number of carboxylic acids is 1. The number of carboxylic acid groups (broad SMARTS) is 1. The normalized spacial score (nSPS) is 54.1. The minimum atomic E-state index is -1.58. The first-order chi connectivity index (χ1) is 24.1. The highest BCUT2D eigenvalue weighted by Gasteiger charge is 2.69. The van der Waals surface area contributed by atoms with Crippen LogP contribution in [0.25, 0.3) is 0 Å². The zero-order chi connectivity index (χ0) is 38.0. The second-order valence-corrected chi connectivity index (χ2v) is 20.2. The highest BCUT2D eigenvalue weighted by Crippen LogP contribution is 2.76. The van der Waals surface area contributed by atoms with E-state index in [1.807, 2.05) is 0 Å². The van der Waals surface area contributed by atoms with Crippen LogP contribution >= 0.6 is 0 Å². The van der Waals surface area contributed by atoms with E-state index in [2.05, 4.69) is 54.5 Å². The van der Waals surface area contributed by atoms with Crippen molar-refractivity contribution in [2.24, 2.45) is 50.2 Å². The average molecular weight is 735 g/mol. The monoisotopic (exact) mass is 734 g/mol. The third-order valence-electron chi connectivity index (χ3n) is 16.8. The smallest absolute Gasteiger partial charge is 0.310 e. The van der Waals surface area contributed by atoms with Gasteiger partial charge in [-0.3, -0.25) is 4.79 Å². The maximum absolute atomic E-state index is 13.0. The molecule has 6 fully saturated rings. The van der Waals surface area contributed by atoms with Gasteiger partial charge in [0, 0.05) is 0 Å². The first kappa shape index (κ1) is 39.1. The minimum Gasteiger partial charge on any atom is -0.481 e. The number of fused-ring (bicyclic) bond motifs is 7. The molecular weight excluding hydrogens is 668 g/mol. The predicted octanol–water partition coefficient (Wildman–Crippen LogP) is 4.55. The van der Waals surface area contributed by atoms with Crippen LogP contribution in [0.15, 0.2) is 11.6 Å². The number of allylic oxidation sites excluding steroid dienone is 2. The average Bonchev–Trinajstić information content (AvgIpc) is 3.06. The Bertz CT molecular complexity index is 1410. The molecule has 0 aromatic carbocycles. The highest BCUT2D eigenvalue weighted by atomic mass is 16.8. The molecule has 0 aromatic heterocycles. The van der Waals surface area contributed by atoms with Crippen molar-refractivity contribution in [3.8, 4) is 0 Å². The van der Waals surface area contributed by atoms with Gasteiger partial charge >= 0.3 is 5.97 Å². The summed E-state index contributed by atoms with van der Waals surface area (Å²) < 4.78 is 24.5.